The zero-order chi connectivity index (χ0) is 21.6. The fourth-order valence-electron chi connectivity index (χ4n) is 3.09. The molecule has 0 bridgehead atoms. The molecule has 0 saturated carbocycles. The quantitative estimate of drug-likeness (QED) is 0.634. The van der Waals surface area contributed by atoms with Gasteiger partial charge in [-0.1, -0.05) is 36.8 Å². The largest absolute Gasteiger partial charge is 0.492 e. The van der Waals surface area contributed by atoms with Crippen LogP contribution in [0, 0.1) is 20.8 Å². The molecule has 0 saturated heterocycles. The lowest BCUT2D eigenvalue weighted by Gasteiger charge is -2.31. The molecule has 1 amide bonds. The van der Waals surface area contributed by atoms with Gasteiger partial charge in [-0.15, -0.1) is 0 Å². The Morgan fingerprint density at radius 3 is 2.28 bits per heavy atom. The third-order valence-corrected chi connectivity index (χ3v) is 5.79. The van der Waals surface area contributed by atoms with Crippen LogP contribution in [-0.2, 0) is 14.8 Å². The van der Waals surface area contributed by atoms with Crippen molar-refractivity contribution in [1.82, 2.24) is 5.32 Å². The van der Waals surface area contributed by atoms with Crippen molar-refractivity contribution in [3.63, 3.8) is 0 Å². The predicted octanol–water partition coefficient (Wildman–Crippen LogP) is 3.35. The molecule has 158 valence electrons. The molecule has 0 aromatic heterocycles. The molecule has 0 heterocycles. The van der Waals surface area contributed by atoms with Crippen molar-refractivity contribution < 1.29 is 17.9 Å². The molecule has 0 aliphatic heterocycles. The Morgan fingerprint density at radius 1 is 1.07 bits per heavy atom. The summed E-state index contributed by atoms with van der Waals surface area (Å²) in [6.07, 6.45) is 1.48. The van der Waals surface area contributed by atoms with Crippen LogP contribution in [0.5, 0.6) is 5.75 Å². The van der Waals surface area contributed by atoms with Crippen molar-refractivity contribution in [1.29, 1.82) is 0 Å². The lowest BCUT2D eigenvalue weighted by molar-refractivity contribution is -0.122. The summed E-state index contributed by atoms with van der Waals surface area (Å²) in [6.45, 7) is 8.12. The van der Waals surface area contributed by atoms with Gasteiger partial charge in [0.2, 0.25) is 15.9 Å². The van der Waals surface area contributed by atoms with Gasteiger partial charge in [0.15, 0.2) is 0 Å². The Hall–Kier alpha value is -2.54. The van der Waals surface area contributed by atoms with E-state index in [0.29, 0.717) is 18.7 Å². The number of hydrogen-bond acceptors (Lipinski definition) is 4. The smallest absolute Gasteiger partial charge is 0.244 e. The summed E-state index contributed by atoms with van der Waals surface area (Å²) < 4.78 is 32.0. The Balaban J connectivity index is 2.10. The van der Waals surface area contributed by atoms with Gasteiger partial charge in [-0.25, -0.2) is 8.42 Å². The van der Waals surface area contributed by atoms with Gasteiger partial charge in [-0.2, -0.15) is 0 Å². The van der Waals surface area contributed by atoms with Crippen LogP contribution in [0.25, 0.3) is 0 Å². The fraction of sp³-hybridized carbons (Fsp3) is 0.409. The van der Waals surface area contributed by atoms with Crippen molar-refractivity contribution in [3.05, 3.63) is 59.2 Å². The van der Waals surface area contributed by atoms with Crippen molar-refractivity contribution in [3.8, 4) is 5.75 Å². The maximum atomic E-state index is 12.8. The number of hydrogen-bond donors (Lipinski definition) is 1. The number of nitrogens with one attached hydrogen (secondary N) is 1. The van der Waals surface area contributed by atoms with Gasteiger partial charge in [-0.05, 0) is 56.5 Å². The lowest BCUT2D eigenvalue weighted by Crippen LogP contribution is -2.50. The number of carbonyl (C=O) groups excluding carboxylic acids is 1. The van der Waals surface area contributed by atoms with Crippen LogP contribution < -0.4 is 14.4 Å². The van der Waals surface area contributed by atoms with Crippen LogP contribution in [-0.4, -0.2) is 39.8 Å². The van der Waals surface area contributed by atoms with Crippen LogP contribution >= 0.6 is 0 Å². The lowest BCUT2D eigenvalue weighted by atomic mass is 10.1. The first-order valence-corrected chi connectivity index (χ1v) is 11.5. The Kier molecular flexibility index (Phi) is 7.67. The molecule has 2 aromatic carbocycles. The molecule has 1 N–H and O–H groups in total. The molecule has 29 heavy (non-hydrogen) atoms. The van der Waals surface area contributed by atoms with E-state index in [2.05, 4.69) is 5.32 Å². The minimum atomic E-state index is -3.65. The molecule has 7 heteroatoms. The van der Waals surface area contributed by atoms with Gasteiger partial charge in [0.1, 0.15) is 18.4 Å². The highest BCUT2D eigenvalue weighted by atomic mass is 32.2. The van der Waals surface area contributed by atoms with E-state index in [1.165, 1.54) is 4.31 Å². The summed E-state index contributed by atoms with van der Waals surface area (Å²) in [5.41, 5.74) is 3.41. The van der Waals surface area contributed by atoms with Crippen molar-refractivity contribution >= 4 is 21.6 Å². The van der Waals surface area contributed by atoms with Crippen molar-refractivity contribution in [2.24, 2.45) is 0 Å². The monoisotopic (exact) mass is 418 g/mol. The maximum Gasteiger partial charge on any atom is 0.244 e. The van der Waals surface area contributed by atoms with E-state index >= 15 is 0 Å². The second kappa shape index (κ2) is 9.78. The van der Waals surface area contributed by atoms with Crippen LogP contribution in [0.2, 0.25) is 0 Å². The summed E-state index contributed by atoms with van der Waals surface area (Å²) in [4.78, 5) is 12.8. The van der Waals surface area contributed by atoms with Gasteiger partial charge in [0.25, 0.3) is 0 Å². The van der Waals surface area contributed by atoms with Gasteiger partial charge in [-0.3, -0.25) is 9.10 Å². The van der Waals surface area contributed by atoms with Crippen LogP contribution in [0.15, 0.2) is 42.5 Å². The molecule has 6 nitrogen and oxygen atoms in total. The molecule has 1 atom stereocenters. The summed E-state index contributed by atoms with van der Waals surface area (Å²) in [5, 5.41) is 2.80. The van der Waals surface area contributed by atoms with E-state index in [-0.39, 0.29) is 12.5 Å². The summed E-state index contributed by atoms with van der Waals surface area (Å²) in [7, 11) is -3.65. The number of carbonyl (C=O) groups is 1. The van der Waals surface area contributed by atoms with E-state index in [0.717, 1.165) is 28.7 Å². The zero-order valence-electron chi connectivity index (χ0n) is 17.7. The zero-order valence-corrected chi connectivity index (χ0v) is 18.5. The van der Waals surface area contributed by atoms with Gasteiger partial charge in [0.05, 0.1) is 18.5 Å². The summed E-state index contributed by atoms with van der Waals surface area (Å²) in [6, 6.07) is 12.4. The first-order valence-electron chi connectivity index (χ1n) is 9.67. The molecule has 0 spiro atoms. The second-order valence-electron chi connectivity index (χ2n) is 7.23. The number of benzene rings is 2. The highest BCUT2D eigenvalue weighted by molar-refractivity contribution is 7.92. The predicted molar refractivity (Wildman–Crippen MR) is 117 cm³/mol. The third-order valence-electron chi connectivity index (χ3n) is 4.62. The molecule has 0 unspecified atom stereocenters. The number of aryl methyl sites for hydroxylation is 3. The average Bonchev–Trinajstić information content (AvgIpc) is 2.65. The third kappa shape index (κ3) is 6.22. The minimum Gasteiger partial charge on any atom is -0.492 e. The van der Waals surface area contributed by atoms with Gasteiger partial charge < -0.3 is 10.1 Å². The van der Waals surface area contributed by atoms with E-state index in [9.17, 15) is 13.2 Å². The van der Waals surface area contributed by atoms with Crippen molar-refractivity contribution in [2.45, 2.75) is 40.2 Å². The second-order valence-corrected chi connectivity index (χ2v) is 9.08. The molecule has 0 fully saturated rings. The average molecular weight is 419 g/mol. The number of anilines is 1. The molecule has 0 radical (unpaired) electrons. The van der Waals surface area contributed by atoms with E-state index in [1.807, 2.05) is 57.2 Å². The Labute approximate surface area is 173 Å². The molecule has 0 aliphatic rings. The number of nitrogens with zero attached hydrogens (tertiary/aromatic N) is 1. The summed E-state index contributed by atoms with van der Waals surface area (Å²) in [5.74, 6) is 0.386. The first kappa shape index (κ1) is 22.7. The first-order chi connectivity index (χ1) is 13.6. The number of amides is 1. The molecular formula is C22H30N2O4S. The molecule has 2 rings (SSSR count). The van der Waals surface area contributed by atoms with Crippen LogP contribution in [0.1, 0.15) is 30.0 Å². The van der Waals surface area contributed by atoms with E-state index in [4.69, 9.17) is 4.74 Å². The highest BCUT2D eigenvalue weighted by Gasteiger charge is 2.32. The normalized spacial score (nSPS) is 12.3. The highest BCUT2D eigenvalue weighted by Crippen LogP contribution is 2.27. The van der Waals surface area contributed by atoms with Crippen LogP contribution in [0.4, 0.5) is 5.69 Å². The number of ether oxygens (including phenoxy) is 1. The maximum absolute atomic E-state index is 12.8. The summed E-state index contributed by atoms with van der Waals surface area (Å²) >= 11 is 0. The fourth-order valence-corrected chi connectivity index (χ4v) is 4.35. The molecular weight excluding hydrogens is 388 g/mol. The van der Waals surface area contributed by atoms with Gasteiger partial charge >= 0.3 is 0 Å². The molecule has 0 aliphatic carbocycles. The van der Waals surface area contributed by atoms with Crippen molar-refractivity contribution in [2.75, 3.05) is 23.7 Å². The van der Waals surface area contributed by atoms with E-state index in [1.54, 1.807) is 13.0 Å². The number of sulfonamides is 1. The van der Waals surface area contributed by atoms with E-state index < -0.39 is 16.1 Å². The Morgan fingerprint density at radius 2 is 1.69 bits per heavy atom. The standard InChI is InChI=1S/C22H30N2O4S/c1-6-20(22(25)23-13-14-28-19-11-8-16(2)9-12-19)24(29(5,26)27)21-15-17(3)7-10-18(21)4/h7-12,15,20H,6,13-14H2,1-5H3,(H,23,25)/t20-/m1/s1. The van der Waals surface area contributed by atoms with Crippen LogP contribution in [0.3, 0.4) is 0 Å². The topological polar surface area (TPSA) is 75.7 Å². The minimum absolute atomic E-state index is 0.285. The Bertz CT molecular complexity index is 940. The number of rotatable bonds is 9. The SMILES string of the molecule is CC[C@H](C(=O)NCCOc1ccc(C)cc1)N(c1cc(C)ccc1C)S(C)(=O)=O. The van der Waals surface area contributed by atoms with Gasteiger partial charge in [0, 0.05) is 0 Å². The molecule has 2 aromatic rings.